The molecule has 2 N–H and O–H groups in total. The van der Waals surface area contributed by atoms with Crippen molar-refractivity contribution in [1.82, 2.24) is 19.9 Å². The average Bonchev–Trinajstić information content (AvgIpc) is 3.50. The van der Waals surface area contributed by atoms with E-state index >= 15 is 0 Å². The molecule has 0 aliphatic carbocycles. The fourth-order valence-electron chi connectivity index (χ4n) is 5.56. The van der Waals surface area contributed by atoms with Gasteiger partial charge in [0.1, 0.15) is 35.0 Å². The van der Waals surface area contributed by atoms with E-state index in [1.165, 1.54) is 23.7 Å². The van der Waals surface area contributed by atoms with Crippen molar-refractivity contribution in [2.45, 2.75) is 39.4 Å². The molecular weight excluding hydrogens is 676 g/mol. The monoisotopic (exact) mass is 706 g/mol. The summed E-state index contributed by atoms with van der Waals surface area (Å²) in [4.78, 5) is 31.9. The number of aliphatic carboxylic acids is 1. The Hall–Kier alpha value is -5.70. The molecular formula is C38H31ClN4O6S. The van der Waals surface area contributed by atoms with Gasteiger partial charge in [0.15, 0.2) is 5.82 Å². The highest BCUT2D eigenvalue weighted by atomic mass is 35.5. The fraction of sp³-hybridized carbons (Fsp3) is 0.184. The van der Waals surface area contributed by atoms with Gasteiger partial charge in [-0.05, 0) is 60.4 Å². The maximum Gasteiger partial charge on any atom is 0.345 e. The number of benzene rings is 3. The van der Waals surface area contributed by atoms with Gasteiger partial charge in [-0.2, -0.15) is 0 Å². The van der Waals surface area contributed by atoms with E-state index in [1.54, 1.807) is 44.5 Å². The van der Waals surface area contributed by atoms with Crippen LogP contribution in [0.25, 0.3) is 32.7 Å². The van der Waals surface area contributed by atoms with Crippen LogP contribution in [0.3, 0.4) is 0 Å². The van der Waals surface area contributed by atoms with Crippen molar-refractivity contribution in [1.29, 1.82) is 0 Å². The second kappa shape index (κ2) is 15.2. The third kappa shape index (κ3) is 7.03. The molecule has 1 atom stereocenters. The molecule has 1 unspecified atom stereocenters. The number of hydrogen-bond donors (Lipinski definition) is 2. The van der Waals surface area contributed by atoms with E-state index in [0.29, 0.717) is 61.2 Å². The summed E-state index contributed by atoms with van der Waals surface area (Å²) in [6.45, 7) is 3.77. The molecule has 0 saturated heterocycles. The van der Waals surface area contributed by atoms with Crippen molar-refractivity contribution in [2.24, 2.45) is 0 Å². The number of thiophene rings is 1. The van der Waals surface area contributed by atoms with E-state index in [4.69, 9.17) is 25.8 Å². The quantitative estimate of drug-likeness (QED) is 0.121. The van der Waals surface area contributed by atoms with Gasteiger partial charge in [0.25, 0.3) is 0 Å². The van der Waals surface area contributed by atoms with E-state index in [0.717, 1.165) is 11.1 Å². The van der Waals surface area contributed by atoms with Gasteiger partial charge in [0.2, 0.25) is 12.0 Å². The van der Waals surface area contributed by atoms with Crippen LogP contribution in [-0.4, -0.2) is 49.3 Å². The van der Waals surface area contributed by atoms with Crippen molar-refractivity contribution in [3.8, 4) is 57.5 Å². The number of halogens is 1. The normalized spacial score (nSPS) is 11.4. The number of nitrogens with zero attached hydrogens (tertiary/aromatic N) is 4. The number of para-hydroxylation sites is 2. The van der Waals surface area contributed by atoms with Crippen LogP contribution in [0, 0.1) is 11.8 Å². The summed E-state index contributed by atoms with van der Waals surface area (Å²) in [5, 5.41) is 21.4. The van der Waals surface area contributed by atoms with Crippen LogP contribution >= 0.6 is 22.9 Å². The second-order valence-corrected chi connectivity index (χ2v) is 12.3. The van der Waals surface area contributed by atoms with Crippen molar-refractivity contribution >= 4 is 39.1 Å². The molecule has 0 aliphatic rings. The van der Waals surface area contributed by atoms with Crippen LogP contribution in [-0.2, 0) is 24.2 Å². The molecule has 0 fully saturated rings. The van der Waals surface area contributed by atoms with Gasteiger partial charge in [-0.3, -0.25) is 0 Å². The molecule has 0 bridgehead atoms. The predicted molar refractivity (Wildman–Crippen MR) is 192 cm³/mol. The lowest BCUT2D eigenvalue weighted by Gasteiger charge is -2.18. The Morgan fingerprint density at radius 1 is 1.00 bits per heavy atom. The molecule has 10 nitrogen and oxygen atoms in total. The molecule has 0 saturated carbocycles. The number of phenolic OH excluding ortho intramolecular Hbond substituents is 1. The van der Waals surface area contributed by atoms with Crippen LogP contribution in [0.4, 0.5) is 0 Å². The Balaban J connectivity index is 1.31. The first-order valence-electron chi connectivity index (χ1n) is 15.6. The molecule has 12 heteroatoms. The molecule has 0 amide bonds. The van der Waals surface area contributed by atoms with Gasteiger partial charge in [0.05, 0.1) is 33.7 Å². The van der Waals surface area contributed by atoms with E-state index in [2.05, 4.69) is 31.8 Å². The molecule has 0 radical (unpaired) electrons. The Kier molecular flexibility index (Phi) is 10.4. The largest absolute Gasteiger partial charge is 0.506 e. The second-order valence-electron chi connectivity index (χ2n) is 10.9. The lowest BCUT2D eigenvalue weighted by Crippen LogP contribution is -2.30. The minimum absolute atomic E-state index is 0.0282. The van der Waals surface area contributed by atoms with Crippen LogP contribution in [0.15, 0.2) is 79.3 Å². The molecule has 3 aromatic carbocycles. The standard InChI is InChI=1S/C38H31ClN4O6S/c1-4-10-31-32(25-15-16-27(44)34(39)24(25)5-2)33-36(41-21-42-37(33)50-31)49-30(38(45)46)19-22-11-6-8-13-28(22)48-20-23-17-18-40-35(43-23)26-12-7-9-14-29(26)47-3/h6-9,11-18,21,30,44H,5,19-20H2,1-3H3,(H,45,46). The van der Waals surface area contributed by atoms with E-state index in [1.807, 2.05) is 43.3 Å². The SMILES string of the molecule is CC#Cc1sc2ncnc(OC(Cc3ccccc3OCc3ccnc(-c4ccccc4OC)n3)C(=O)O)c2c1-c1ccc(O)c(Cl)c1CC. The van der Waals surface area contributed by atoms with E-state index in [-0.39, 0.29) is 29.7 Å². The molecule has 3 heterocycles. The molecule has 6 aromatic rings. The number of ether oxygens (including phenoxy) is 3. The highest BCUT2D eigenvalue weighted by Gasteiger charge is 2.27. The fourth-order valence-corrected chi connectivity index (χ4v) is 6.91. The van der Waals surface area contributed by atoms with Crippen molar-refractivity contribution in [3.63, 3.8) is 0 Å². The summed E-state index contributed by atoms with van der Waals surface area (Å²) < 4.78 is 17.9. The maximum absolute atomic E-state index is 12.7. The lowest BCUT2D eigenvalue weighted by atomic mass is 9.96. The number of methoxy groups -OCH3 is 1. The lowest BCUT2D eigenvalue weighted by molar-refractivity contribution is -0.145. The molecule has 252 valence electrons. The number of phenols is 1. The van der Waals surface area contributed by atoms with Crippen LogP contribution < -0.4 is 14.2 Å². The molecule has 0 aliphatic heterocycles. The topological polar surface area (TPSA) is 137 Å². The van der Waals surface area contributed by atoms with Crippen molar-refractivity contribution in [3.05, 3.63) is 106 Å². The number of carbonyl (C=O) groups is 1. The molecule has 0 spiro atoms. The third-order valence-electron chi connectivity index (χ3n) is 7.88. The smallest absolute Gasteiger partial charge is 0.345 e. The predicted octanol–water partition coefficient (Wildman–Crippen LogP) is 7.77. The number of hydrogen-bond acceptors (Lipinski definition) is 10. The number of aromatic nitrogens is 4. The Bertz CT molecular complexity index is 2260. The van der Waals surface area contributed by atoms with Crippen LogP contribution in [0.2, 0.25) is 5.02 Å². The first-order chi connectivity index (χ1) is 24.3. The summed E-state index contributed by atoms with van der Waals surface area (Å²) in [6, 6.07) is 19.7. The number of aromatic hydroxyl groups is 1. The maximum atomic E-state index is 12.7. The molecule has 6 rings (SSSR count). The Morgan fingerprint density at radius 3 is 2.54 bits per heavy atom. The number of carboxylic acid groups (broad SMARTS) is 1. The number of carboxylic acids is 1. The summed E-state index contributed by atoms with van der Waals surface area (Å²) in [6.07, 6.45) is 2.15. The van der Waals surface area contributed by atoms with Gasteiger partial charge >= 0.3 is 5.97 Å². The third-order valence-corrected chi connectivity index (χ3v) is 9.32. The summed E-state index contributed by atoms with van der Waals surface area (Å²) in [5.74, 6) is 6.58. The zero-order valence-electron chi connectivity index (χ0n) is 27.3. The van der Waals surface area contributed by atoms with Gasteiger partial charge in [0, 0.05) is 18.2 Å². The molecule has 3 aromatic heterocycles. The minimum Gasteiger partial charge on any atom is -0.506 e. The Morgan fingerprint density at radius 2 is 1.78 bits per heavy atom. The van der Waals surface area contributed by atoms with Crippen LogP contribution in [0.1, 0.15) is 35.5 Å². The van der Waals surface area contributed by atoms with E-state index in [9.17, 15) is 15.0 Å². The van der Waals surface area contributed by atoms with Gasteiger partial charge in [-0.15, -0.1) is 17.3 Å². The highest BCUT2D eigenvalue weighted by Crippen LogP contribution is 2.45. The zero-order chi connectivity index (χ0) is 35.2. The van der Waals surface area contributed by atoms with Gasteiger partial charge < -0.3 is 24.4 Å². The van der Waals surface area contributed by atoms with Gasteiger partial charge in [-0.1, -0.05) is 60.8 Å². The van der Waals surface area contributed by atoms with E-state index < -0.39 is 12.1 Å². The van der Waals surface area contributed by atoms with Gasteiger partial charge in [-0.25, -0.2) is 24.7 Å². The molecule has 50 heavy (non-hydrogen) atoms. The minimum atomic E-state index is -1.34. The van der Waals surface area contributed by atoms with Crippen LogP contribution in [0.5, 0.6) is 23.1 Å². The number of fused-ring (bicyclic) bond motifs is 1. The summed E-state index contributed by atoms with van der Waals surface area (Å²) >= 11 is 7.87. The average molecular weight is 707 g/mol. The first kappa shape index (κ1) is 34.2. The van der Waals surface area contributed by atoms with Crippen molar-refractivity contribution in [2.75, 3.05) is 7.11 Å². The number of rotatable bonds is 12. The summed E-state index contributed by atoms with van der Waals surface area (Å²) in [5.41, 5.74) is 4.09. The highest BCUT2D eigenvalue weighted by molar-refractivity contribution is 7.19. The Labute approximate surface area is 297 Å². The summed E-state index contributed by atoms with van der Waals surface area (Å²) in [7, 11) is 1.59. The zero-order valence-corrected chi connectivity index (χ0v) is 28.9. The first-order valence-corrected chi connectivity index (χ1v) is 16.8. The van der Waals surface area contributed by atoms with Crippen molar-refractivity contribution < 1.29 is 29.2 Å².